The Bertz CT molecular complexity index is 311. The van der Waals surface area contributed by atoms with Gasteiger partial charge < -0.3 is 15.3 Å². The number of nitrogens with zero attached hydrogens (tertiary/aromatic N) is 1. The van der Waals surface area contributed by atoms with E-state index >= 15 is 0 Å². The molecule has 1 heterocycles. The van der Waals surface area contributed by atoms with Crippen LogP contribution in [-0.4, -0.2) is 40.6 Å². The summed E-state index contributed by atoms with van der Waals surface area (Å²) in [5.41, 5.74) is 0. The maximum atomic E-state index is 12.1. The van der Waals surface area contributed by atoms with Crippen molar-refractivity contribution in [2.45, 2.75) is 63.5 Å². The van der Waals surface area contributed by atoms with E-state index in [1.165, 1.54) is 17.7 Å². The first-order valence-electron chi connectivity index (χ1n) is 6.98. The van der Waals surface area contributed by atoms with Crippen molar-refractivity contribution < 1.29 is 14.7 Å². The van der Waals surface area contributed by atoms with E-state index in [9.17, 15) is 9.59 Å². The number of amides is 2. The van der Waals surface area contributed by atoms with Crippen LogP contribution in [0.1, 0.15) is 51.4 Å². The highest BCUT2D eigenvalue weighted by Gasteiger charge is 2.34. The van der Waals surface area contributed by atoms with Gasteiger partial charge in [0.05, 0.1) is 0 Å². The van der Waals surface area contributed by atoms with Crippen molar-refractivity contribution >= 4 is 12.0 Å². The lowest BCUT2D eigenvalue weighted by Crippen LogP contribution is -2.49. The monoisotopic (exact) mass is 254 g/mol. The molecule has 0 bridgehead atoms. The van der Waals surface area contributed by atoms with Crippen molar-refractivity contribution in [1.29, 1.82) is 0 Å². The predicted octanol–water partition coefficient (Wildman–Crippen LogP) is 1.97. The molecule has 1 aliphatic heterocycles. The first kappa shape index (κ1) is 13.2. The van der Waals surface area contributed by atoms with Crippen LogP contribution in [-0.2, 0) is 4.79 Å². The smallest absolute Gasteiger partial charge is 0.326 e. The largest absolute Gasteiger partial charge is 0.480 e. The lowest BCUT2D eigenvalue weighted by atomic mass is 10.1. The number of likely N-dealkylation sites (tertiary alicyclic amines) is 1. The van der Waals surface area contributed by atoms with Gasteiger partial charge in [-0.2, -0.15) is 0 Å². The van der Waals surface area contributed by atoms with Crippen molar-refractivity contribution in [3.8, 4) is 0 Å². The number of carboxylic acids is 1. The van der Waals surface area contributed by atoms with Crippen molar-refractivity contribution in [3.05, 3.63) is 0 Å². The SMILES string of the molecule is O=C(O)[C@H]1CCCN1C(=O)NC1CCCCCC1. The molecule has 5 nitrogen and oxygen atoms in total. The molecule has 0 aromatic rings. The fourth-order valence-corrected chi connectivity index (χ4v) is 2.95. The van der Waals surface area contributed by atoms with Crippen LogP contribution in [0, 0.1) is 0 Å². The van der Waals surface area contributed by atoms with Gasteiger partial charge in [0.25, 0.3) is 0 Å². The molecule has 18 heavy (non-hydrogen) atoms. The van der Waals surface area contributed by atoms with Crippen molar-refractivity contribution in [2.24, 2.45) is 0 Å². The molecule has 102 valence electrons. The zero-order chi connectivity index (χ0) is 13.0. The number of urea groups is 1. The van der Waals surface area contributed by atoms with E-state index in [0.717, 1.165) is 32.1 Å². The second-order valence-electron chi connectivity index (χ2n) is 5.33. The first-order valence-corrected chi connectivity index (χ1v) is 6.98. The van der Waals surface area contributed by atoms with E-state index in [1.807, 2.05) is 0 Å². The fourth-order valence-electron chi connectivity index (χ4n) is 2.95. The number of carbonyl (C=O) groups is 2. The Hall–Kier alpha value is -1.26. The minimum atomic E-state index is -0.886. The molecule has 2 fully saturated rings. The number of hydrogen-bond donors (Lipinski definition) is 2. The molecule has 1 aliphatic carbocycles. The van der Waals surface area contributed by atoms with Gasteiger partial charge in [-0.1, -0.05) is 25.7 Å². The van der Waals surface area contributed by atoms with E-state index in [1.54, 1.807) is 0 Å². The van der Waals surface area contributed by atoms with Gasteiger partial charge >= 0.3 is 12.0 Å². The van der Waals surface area contributed by atoms with Crippen LogP contribution >= 0.6 is 0 Å². The van der Waals surface area contributed by atoms with Crippen LogP contribution < -0.4 is 5.32 Å². The summed E-state index contributed by atoms with van der Waals surface area (Å²) >= 11 is 0. The fraction of sp³-hybridized carbons (Fsp3) is 0.846. The van der Waals surface area contributed by atoms with Crippen LogP contribution in [0.15, 0.2) is 0 Å². The molecular weight excluding hydrogens is 232 g/mol. The van der Waals surface area contributed by atoms with Gasteiger partial charge in [0.2, 0.25) is 0 Å². The number of nitrogens with one attached hydrogen (secondary N) is 1. The van der Waals surface area contributed by atoms with Crippen LogP contribution in [0.25, 0.3) is 0 Å². The standard InChI is InChI=1S/C13H22N2O3/c16-12(17)11-8-5-9-15(11)13(18)14-10-6-3-1-2-4-7-10/h10-11H,1-9H2,(H,14,18)(H,16,17)/t11-/m1/s1. The second-order valence-corrected chi connectivity index (χ2v) is 5.33. The normalized spacial score (nSPS) is 25.8. The van der Waals surface area contributed by atoms with Gasteiger partial charge in [-0.05, 0) is 25.7 Å². The molecule has 0 radical (unpaired) electrons. The van der Waals surface area contributed by atoms with Gasteiger partial charge in [0, 0.05) is 12.6 Å². The van der Waals surface area contributed by atoms with Crippen molar-refractivity contribution in [3.63, 3.8) is 0 Å². The third-order valence-electron chi connectivity index (χ3n) is 3.98. The maximum Gasteiger partial charge on any atom is 0.326 e. The Morgan fingerprint density at radius 1 is 1.00 bits per heavy atom. The van der Waals surface area contributed by atoms with Crippen LogP contribution in [0.3, 0.4) is 0 Å². The molecule has 0 aromatic heterocycles. The second kappa shape index (κ2) is 6.07. The number of hydrogen-bond acceptors (Lipinski definition) is 2. The van der Waals surface area contributed by atoms with Crippen LogP contribution in [0.4, 0.5) is 4.79 Å². The number of carbonyl (C=O) groups excluding carboxylic acids is 1. The summed E-state index contributed by atoms with van der Waals surface area (Å²) in [6.45, 7) is 0.565. The molecule has 0 unspecified atom stereocenters. The molecule has 0 spiro atoms. The highest BCUT2D eigenvalue weighted by atomic mass is 16.4. The average molecular weight is 254 g/mol. The van der Waals surface area contributed by atoms with Crippen LogP contribution in [0.5, 0.6) is 0 Å². The zero-order valence-corrected chi connectivity index (χ0v) is 10.7. The zero-order valence-electron chi connectivity index (χ0n) is 10.7. The Labute approximate surface area is 108 Å². The molecule has 5 heteroatoms. The van der Waals surface area contributed by atoms with Crippen molar-refractivity contribution in [2.75, 3.05) is 6.54 Å². The minimum Gasteiger partial charge on any atom is -0.480 e. The van der Waals surface area contributed by atoms with Crippen molar-refractivity contribution in [1.82, 2.24) is 10.2 Å². The van der Waals surface area contributed by atoms with Gasteiger partial charge in [0.1, 0.15) is 6.04 Å². The third kappa shape index (κ3) is 3.15. The van der Waals surface area contributed by atoms with E-state index in [2.05, 4.69) is 5.32 Å². The summed E-state index contributed by atoms with van der Waals surface area (Å²) in [4.78, 5) is 24.6. The maximum absolute atomic E-state index is 12.1. The summed E-state index contributed by atoms with van der Waals surface area (Å²) in [6, 6.07) is -0.586. The summed E-state index contributed by atoms with van der Waals surface area (Å²) in [6.07, 6.45) is 8.22. The summed E-state index contributed by atoms with van der Waals surface area (Å²) in [5, 5.41) is 12.1. The molecule has 2 amide bonds. The summed E-state index contributed by atoms with van der Waals surface area (Å²) in [7, 11) is 0. The Morgan fingerprint density at radius 2 is 1.67 bits per heavy atom. The number of carboxylic acid groups (broad SMARTS) is 1. The van der Waals surface area contributed by atoms with E-state index < -0.39 is 12.0 Å². The number of aliphatic carboxylic acids is 1. The number of rotatable bonds is 2. The molecule has 2 aliphatic rings. The van der Waals surface area contributed by atoms with Crippen LogP contribution in [0.2, 0.25) is 0 Å². The van der Waals surface area contributed by atoms with Gasteiger partial charge in [0.15, 0.2) is 0 Å². The predicted molar refractivity (Wildman–Crippen MR) is 67.4 cm³/mol. The lowest BCUT2D eigenvalue weighted by molar-refractivity contribution is -0.141. The summed E-state index contributed by atoms with van der Waals surface area (Å²) in [5.74, 6) is -0.886. The average Bonchev–Trinajstić information content (AvgIpc) is 2.70. The summed E-state index contributed by atoms with van der Waals surface area (Å²) < 4.78 is 0. The van der Waals surface area contributed by atoms with Gasteiger partial charge in [-0.15, -0.1) is 0 Å². The van der Waals surface area contributed by atoms with E-state index in [-0.39, 0.29) is 12.1 Å². The Kier molecular flexibility index (Phi) is 4.44. The third-order valence-corrected chi connectivity index (χ3v) is 3.98. The Balaban J connectivity index is 1.88. The van der Waals surface area contributed by atoms with Gasteiger partial charge in [-0.3, -0.25) is 0 Å². The molecular formula is C13H22N2O3. The molecule has 1 atom stereocenters. The van der Waals surface area contributed by atoms with E-state index in [4.69, 9.17) is 5.11 Å². The highest BCUT2D eigenvalue weighted by molar-refractivity contribution is 5.83. The quantitative estimate of drug-likeness (QED) is 0.740. The molecule has 0 aromatic carbocycles. The highest BCUT2D eigenvalue weighted by Crippen LogP contribution is 2.20. The molecule has 2 rings (SSSR count). The Morgan fingerprint density at radius 3 is 2.28 bits per heavy atom. The molecule has 1 saturated heterocycles. The first-order chi connectivity index (χ1) is 8.68. The molecule has 1 saturated carbocycles. The lowest BCUT2D eigenvalue weighted by Gasteiger charge is -2.25. The van der Waals surface area contributed by atoms with E-state index in [0.29, 0.717) is 13.0 Å². The topological polar surface area (TPSA) is 69.6 Å². The molecule has 2 N–H and O–H groups in total. The van der Waals surface area contributed by atoms with Gasteiger partial charge in [-0.25, -0.2) is 9.59 Å². The minimum absolute atomic E-state index is 0.188.